The van der Waals surface area contributed by atoms with E-state index in [9.17, 15) is 0 Å². The smallest absolute Gasteiger partial charge is 0.0856 e. The minimum atomic E-state index is -0.0187. The van der Waals surface area contributed by atoms with Crippen molar-refractivity contribution in [3.63, 3.8) is 0 Å². The summed E-state index contributed by atoms with van der Waals surface area (Å²) in [5.74, 6) is 0. The Bertz CT molecular complexity index is 114. The van der Waals surface area contributed by atoms with E-state index >= 15 is 0 Å². The van der Waals surface area contributed by atoms with E-state index in [4.69, 9.17) is 9.94 Å². The maximum atomic E-state index is 8.58. The van der Waals surface area contributed by atoms with Crippen molar-refractivity contribution in [2.75, 3.05) is 19.7 Å². The van der Waals surface area contributed by atoms with E-state index in [1.165, 1.54) is 0 Å². The molecule has 0 aliphatic carbocycles. The maximum absolute atomic E-state index is 8.58. The molecule has 10 heavy (non-hydrogen) atoms. The molecule has 0 aromatic rings. The molecule has 60 valence electrons. The maximum Gasteiger partial charge on any atom is 0.0856 e. The van der Waals surface area contributed by atoms with Crippen LogP contribution in [0.1, 0.15) is 20.3 Å². The second kappa shape index (κ2) is 2.86. The van der Waals surface area contributed by atoms with Crippen LogP contribution in [0.4, 0.5) is 0 Å². The molecular formula is C7H15NO2. The van der Waals surface area contributed by atoms with Crippen LogP contribution in [0.3, 0.4) is 0 Å². The van der Waals surface area contributed by atoms with Crippen molar-refractivity contribution in [1.82, 2.24) is 5.06 Å². The zero-order valence-corrected chi connectivity index (χ0v) is 6.63. The molecule has 0 atom stereocenters. The minimum absolute atomic E-state index is 0.0187. The van der Waals surface area contributed by atoms with Crippen LogP contribution in [0.25, 0.3) is 0 Å². The topological polar surface area (TPSA) is 32.7 Å². The van der Waals surface area contributed by atoms with E-state index < -0.39 is 0 Å². The van der Waals surface area contributed by atoms with Crippen molar-refractivity contribution in [2.45, 2.75) is 25.9 Å². The first-order valence-corrected chi connectivity index (χ1v) is 3.69. The zero-order chi connectivity index (χ0) is 7.61. The molecule has 1 aliphatic rings. The van der Waals surface area contributed by atoms with E-state index in [0.29, 0.717) is 6.54 Å². The third-order valence-electron chi connectivity index (χ3n) is 1.69. The number of rotatable bonds is 2. The third-order valence-corrected chi connectivity index (χ3v) is 1.69. The van der Waals surface area contributed by atoms with Gasteiger partial charge in [0.15, 0.2) is 0 Å². The van der Waals surface area contributed by atoms with Crippen LogP contribution in [0, 0.1) is 0 Å². The summed E-state index contributed by atoms with van der Waals surface area (Å²) in [6.45, 7) is 5.86. The number of nitrogens with zero attached hydrogens (tertiary/aromatic N) is 1. The van der Waals surface area contributed by atoms with Crippen LogP contribution in [0.5, 0.6) is 0 Å². The molecule has 3 nitrogen and oxygen atoms in total. The highest BCUT2D eigenvalue weighted by atomic mass is 16.7. The number of aliphatic hydroxyl groups is 1. The van der Waals surface area contributed by atoms with Gasteiger partial charge in [-0.1, -0.05) is 0 Å². The highest BCUT2D eigenvalue weighted by Gasteiger charge is 2.29. The van der Waals surface area contributed by atoms with Gasteiger partial charge in [0.05, 0.1) is 12.2 Å². The largest absolute Gasteiger partial charge is 0.395 e. The molecule has 1 N–H and O–H groups in total. The Morgan fingerprint density at radius 2 is 2.30 bits per heavy atom. The van der Waals surface area contributed by atoms with Crippen LogP contribution in [-0.2, 0) is 4.84 Å². The lowest BCUT2D eigenvalue weighted by Crippen LogP contribution is -2.26. The summed E-state index contributed by atoms with van der Waals surface area (Å²) in [7, 11) is 0. The summed E-state index contributed by atoms with van der Waals surface area (Å²) < 4.78 is 0. The molecular weight excluding hydrogens is 130 g/mol. The van der Waals surface area contributed by atoms with Gasteiger partial charge in [-0.05, 0) is 20.3 Å². The molecule has 1 heterocycles. The highest BCUT2D eigenvalue weighted by molar-refractivity contribution is 4.74. The fourth-order valence-electron chi connectivity index (χ4n) is 1.10. The quantitative estimate of drug-likeness (QED) is 0.610. The molecule has 0 saturated carbocycles. The zero-order valence-electron chi connectivity index (χ0n) is 6.63. The molecule has 1 fully saturated rings. The van der Waals surface area contributed by atoms with Crippen molar-refractivity contribution in [1.29, 1.82) is 0 Å². The van der Waals surface area contributed by atoms with Gasteiger partial charge in [-0.2, -0.15) is 5.06 Å². The number of hydroxylamine groups is 2. The van der Waals surface area contributed by atoms with Gasteiger partial charge in [0.25, 0.3) is 0 Å². The molecule has 1 rings (SSSR count). The third kappa shape index (κ3) is 1.94. The van der Waals surface area contributed by atoms with Crippen molar-refractivity contribution in [3.8, 4) is 0 Å². The fraction of sp³-hybridized carbons (Fsp3) is 1.00. The Kier molecular flexibility index (Phi) is 2.28. The Balaban J connectivity index is 2.29. The molecule has 0 bridgehead atoms. The molecule has 0 amide bonds. The van der Waals surface area contributed by atoms with Crippen molar-refractivity contribution in [2.24, 2.45) is 0 Å². The monoisotopic (exact) mass is 145 g/mol. The molecule has 0 radical (unpaired) electrons. The Labute approximate surface area is 61.5 Å². The van der Waals surface area contributed by atoms with Crippen LogP contribution in [0.15, 0.2) is 0 Å². The first kappa shape index (κ1) is 7.98. The first-order chi connectivity index (χ1) is 4.64. The van der Waals surface area contributed by atoms with Gasteiger partial charge < -0.3 is 5.11 Å². The van der Waals surface area contributed by atoms with Crippen molar-refractivity contribution < 1.29 is 9.94 Å². The number of β-amino-alcohol motifs (C(OH)–C–C–N with tert-alkyl or cyclic N) is 1. The molecule has 1 aliphatic heterocycles. The predicted octanol–water partition coefficient (Wildman–Crippen LogP) is 0.395. The standard InChI is InChI=1S/C7H15NO2/c1-7(2)3-4-8(10-7)5-6-9/h9H,3-6H2,1-2H3. The van der Waals surface area contributed by atoms with Gasteiger partial charge in [0.1, 0.15) is 0 Å². The van der Waals surface area contributed by atoms with Crippen molar-refractivity contribution in [3.05, 3.63) is 0 Å². The summed E-state index contributed by atoms with van der Waals surface area (Å²) in [5, 5.41) is 10.4. The van der Waals surface area contributed by atoms with E-state index in [0.717, 1.165) is 13.0 Å². The van der Waals surface area contributed by atoms with Gasteiger partial charge in [-0.25, -0.2) is 0 Å². The van der Waals surface area contributed by atoms with E-state index in [2.05, 4.69) is 13.8 Å². The molecule has 3 heteroatoms. The summed E-state index contributed by atoms with van der Waals surface area (Å²) in [6.07, 6.45) is 1.05. The second-order valence-corrected chi connectivity index (χ2v) is 3.25. The van der Waals surface area contributed by atoms with Gasteiger partial charge in [-0.3, -0.25) is 4.84 Å². The molecule has 0 spiro atoms. The van der Waals surface area contributed by atoms with Gasteiger partial charge >= 0.3 is 0 Å². The van der Waals surface area contributed by atoms with Crippen LogP contribution in [-0.4, -0.2) is 35.5 Å². The average Bonchev–Trinajstić information content (AvgIpc) is 2.12. The van der Waals surface area contributed by atoms with Gasteiger partial charge in [0, 0.05) is 13.1 Å². The SMILES string of the molecule is CC1(C)CCN(CCO)O1. The van der Waals surface area contributed by atoms with Crippen LogP contribution in [0.2, 0.25) is 0 Å². The van der Waals surface area contributed by atoms with E-state index in [-0.39, 0.29) is 12.2 Å². The number of aliphatic hydroxyl groups excluding tert-OH is 1. The fourth-order valence-corrected chi connectivity index (χ4v) is 1.10. The summed E-state index contributed by atoms with van der Waals surface area (Å²) >= 11 is 0. The minimum Gasteiger partial charge on any atom is -0.395 e. The lowest BCUT2D eigenvalue weighted by molar-refractivity contribution is -0.183. The highest BCUT2D eigenvalue weighted by Crippen LogP contribution is 2.23. The Hall–Kier alpha value is -0.120. The Morgan fingerprint density at radius 3 is 2.70 bits per heavy atom. The van der Waals surface area contributed by atoms with Crippen LogP contribution < -0.4 is 0 Å². The number of hydrogen-bond acceptors (Lipinski definition) is 3. The normalized spacial score (nSPS) is 25.5. The second-order valence-electron chi connectivity index (χ2n) is 3.25. The van der Waals surface area contributed by atoms with Crippen LogP contribution >= 0.6 is 0 Å². The average molecular weight is 145 g/mol. The molecule has 1 saturated heterocycles. The number of hydrogen-bond donors (Lipinski definition) is 1. The van der Waals surface area contributed by atoms with Crippen molar-refractivity contribution >= 4 is 0 Å². The summed E-state index contributed by atoms with van der Waals surface area (Å²) in [5.41, 5.74) is -0.0187. The lowest BCUT2D eigenvalue weighted by Gasteiger charge is -2.19. The van der Waals surface area contributed by atoms with Gasteiger partial charge in [0.2, 0.25) is 0 Å². The summed E-state index contributed by atoms with van der Waals surface area (Å²) in [6, 6.07) is 0. The molecule has 0 aromatic carbocycles. The molecule has 0 unspecified atom stereocenters. The Morgan fingerprint density at radius 1 is 1.60 bits per heavy atom. The summed E-state index contributed by atoms with van der Waals surface area (Å²) in [4.78, 5) is 5.46. The predicted molar refractivity (Wildman–Crippen MR) is 38.4 cm³/mol. The lowest BCUT2D eigenvalue weighted by atomic mass is 10.1. The van der Waals surface area contributed by atoms with E-state index in [1.807, 2.05) is 5.06 Å². The van der Waals surface area contributed by atoms with E-state index in [1.54, 1.807) is 0 Å². The molecule has 0 aromatic heterocycles. The first-order valence-electron chi connectivity index (χ1n) is 3.69. The van der Waals surface area contributed by atoms with Gasteiger partial charge in [-0.15, -0.1) is 0 Å².